The SMILES string of the molecule is CNc1cc([C@H]2CCCN2CC2CCOCC2)nc(C)n1. The molecule has 5 heteroatoms. The van der Waals surface area contributed by atoms with Crippen LogP contribution in [0.1, 0.15) is 43.2 Å². The number of nitrogens with one attached hydrogen (secondary N) is 1. The van der Waals surface area contributed by atoms with Gasteiger partial charge in [-0.15, -0.1) is 0 Å². The maximum atomic E-state index is 5.47. The molecule has 2 fully saturated rings. The summed E-state index contributed by atoms with van der Waals surface area (Å²) in [6, 6.07) is 2.57. The Morgan fingerprint density at radius 2 is 2.10 bits per heavy atom. The van der Waals surface area contributed by atoms with Crippen LogP contribution in [-0.2, 0) is 4.74 Å². The van der Waals surface area contributed by atoms with Crippen molar-refractivity contribution in [3.63, 3.8) is 0 Å². The molecule has 1 aromatic heterocycles. The van der Waals surface area contributed by atoms with Gasteiger partial charge in [0.1, 0.15) is 11.6 Å². The van der Waals surface area contributed by atoms with E-state index in [4.69, 9.17) is 4.74 Å². The van der Waals surface area contributed by atoms with Gasteiger partial charge in [-0.2, -0.15) is 0 Å². The quantitative estimate of drug-likeness (QED) is 0.922. The van der Waals surface area contributed by atoms with Crippen LogP contribution in [0.25, 0.3) is 0 Å². The molecule has 1 atom stereocenters. The van der Waals surface area contributed by atoms with Gasteiger partial charge in [0.2, 0.25) is 0 Å². The first kappa shape index (κ1) is 14.7. The minimum absolute atomic E-state index is 0.460. The highest BCUT2D eigenvalue weighted by molar-refractivity contribution is 5.36. The Bertz CT molecular complexity index is 473. The molecule has 0 unspecified atom stereocenters. The van der Waals surface area contributed by atoms with Crippen LogP contribution in [0.3, 0.4) is 0 Å². The van der Waals surface area contributed by atoms with Crippen molar-refractivity contribution in [1.29, 1.82) is 0 Å². The standard InChI is InChI=1S/C16H26N4O/c1-12-18-14(10-16(17-2)19-12)15-4-3-7-20(15)11-13-5-8-21-9-6-13/h10,13,15H,3-9,11H2,1-2H3,(H,17,18,19)/t15-/m1/s1. The zero-order valence-electron chi connectivity index (χ0n) is 13.1. The monoisotopic (exact) mass is 290 g/mol. The molecule has 0 saturated carbocycles. The van der Waals surface area contributed by atoms with E-state index in [0.717, 1.165) is 30.8 Å². The van der Waals surface area contributed by atoms with Crippen LogP contribution in [-0.4, -0.2) is 48.2 Å². The molecular weight excluding hydrogens is 264 g/mol. The molecule has 2 aliphatic rings. The van der Waals surface area contributed by atoms with Crippen LogP contribution in [0.5, 0.6) is 0 Å². The number of aromatic nitrogens is 2. The third kappa shape index (κ3) is 3.52. The highest BCUT2D eigenvalue weighted by Crippen LogP contribution is 2.33. The van der Waals surface area contributed by atoms with E-state index in [-0.39, 0.29) is 0 Å². The number of hydrogen-bond acceptors (Lipinski definition) is 5. The predicted molar refractivity (Wildman–Crippen MR) is 83.4 cm³/mol. The second kappa shape index (κ2) is 6.71. The summed E-state index contributed by atoms with van der Waals surface area (Å²) in [7, 11) is 1.92. The van der Waals surface area contributed by atoms with Gasteiger partial charge in [0.05, 0.1) is 11.7 Å². The summed E-state index contributed by atoms with van der Waals surface area (Å²) >= 11 is 0. The molecular formula is C16H26N4O. The molecule has 1 aromatic rings. The number of anilines is 1. The summed E-state index contributed by atoms with van der Waals surface area (Å²) in [5.41, 5.74) is 1.18. The smallest absolute Gasteiger partial charge is 0.129 e. The first-order valence-electron chi connectivity index (χ1n) is 8.11. The number of aryl methyl sites for hydroxylation is 1. The van der Waals surface area contributed by atoms with Gasteiger partial charge in [0, 0.05) is 32.9 Å². The lowest BCUT2D eigenvalue weighted by atomic mass is 9.99. The molecule has 0 bridgehead atoms. The van der Waals surface area contributed by atoms with Crippen molar-refractivity contribution in [2.24, 2.45) is 5.92 Å². The van der Waals surface area contributed by atoms with Crippen molar-refractivity contribution in [3.8, 4) is 0 Å². The first-order chi connectivity index (χ1) is 10.3. The van der Waals surface area contributed by atoms with Gasteiger partial charge in [0.25, 0.3) is 0 Å². The van der Waals surface area contributed by atoms with E-state index in [1.807, 2.05) is 14.0 Å². The van der Waals surface area contributed by atoms with Crippen LogP contribution in [0.2, 0.25) is 0 Å². The average molecular weight is 290 g/mol. The van der Waals surface area contributed by atoms with E-state index >= 15 is 0 Å². The van der Waals surface area contributed by atoms with Crippen molar-refractivity contribution < 1.29 is 4.74 Å². The Morgan fingerprint density at radius 3 is 2.86 bits per heavy atom. The summed E-state index contributed by atoms with van der Waals surface area (Å²) in [6.07, 6.45) is 4.89. The molecule has 3 rings (SSSR count). The van der Waals surface area contributed by atoms with E-state index in [1.54, 1.807) is 0 Å². The summed E-state index contributed by atoms with van der Waals surface area (Å²) in [4.78, 5) is 11.7. The second-order valence-corrected chi connectivity index (χ2v) is 6.18. The normalized spacial score (nSPS) is 24.4. The number of rotatable bonds is 4. The Balaban J connectivity index is 1.72. The first-order valence-corrected chi connectivity index (χ1v) is 8.11. The lowest BCUT2D eigenvalue weighted by Crippen LogP contribution is -2.32. The van der Waals surface area contributed by atoms with Crippen LogP contribution in [0.4, 0.5) is 5.82 Å². The molecule has 1 N–H and O–H groups in total. The lowest BCUT2D eigenvalue weighted by molar-refractivity contribution is 0.0504. The Labute approximate surface area is 127 Å². The molecule has 3 heterocycles. The molecule has 21 heavy (non-hydrogen) atoms. The van der Waals surface area contributed by atoms with E-state index in [2.05, 4.69) is 26.3 Å². The summed E-state index contributed by atoms with van der Waals surface area (Å²) < 4.78 is 5.47. The van der Waals surface area contributed by atoms with Crippen molar-refractivity contribution in [2.45, 2.75) is 38.6 Å². The molecule has 0 spiro atoms. The van der Waals surface area contributed by atoms with Gasteiger partial charge >= 0.3 is 0 Å². The van der Waals surface area contributed by atoms with Gasteiger partial charge in [-0.1, -0.05) is 0 Å². The Hall–Kier alpha value is -1.20. The van der Waals surface area contributed by atoms with Gasteiger partial charge in [0.15, 0.2) is 0 Å². The molecule has 0 aromatic carbocycles. The highest BCUT2D eigenvalue weighted by Gasteiger charge is 2.30. The van der Waals surface area contributed by atoms with Crippen molar-refractivity contribution in [1.82, 2.24) is 14.9 Å². The van der Waals surface area contributed by atoms with Crippen LogP contribution < -0.4 is 5.32 Å². The molecule has 2 saturated heterocycles. The van der Waals surface area contributed by atoms with E-state index in [9.17, 15) is 0 Å². The summed E-state index contributed by atoms with van der Waals surface area (Å²) in [6.45, 7) is 6.22. The van der Waals surface area contributed by atoms with Gasteiger partial charge in [-0.25, -0.2) is 9.97 Å². The zero-order chi connectivity index (χ0) is 14.7. The fourth-order valence-corrected chi connectivity index (χ4v) is 3.53. The molecule has 116 valence electrons. The predicted octanol–water partition coefficient (Wildman–Crippen LogP) is 2.39. The number of ether oxygens (including phenoxy) is 1. The van der Waals surface area contributed by atoms with E-state index < -0.39 is 0 Å². The largest absolute Gasteiger partial charge is 0.381 e. The maximum Gasteiger partial charge on any atom is 0.129 e. The van der Waals surface area contributed by atoms with E-state index in [1.165, 1.54) is 44.5 Å². The molecule has 0 radical (unpaired) electrons. The second-order valence-electron chi connectivity index (χ2n) is 6.18. The highest BCUT2D eigenvalue weighted by atomic mass is 16.5. The third-order valence-corrected chi connectivity index (χ3v) is 4.65. The van der Waals surface area contributed by atoms with Gasteiger partial charge < -0.3 is 10.1 Å². The minimum atomic E-state index is 0.460. The van der Waals surface area contributed by atoms with Crippen molar-refractivity contribution >= 4 is 5.82 Å². The fourth-order valence-electron chi connectivity index (χ4n) is 3.53. The fraction of sp³-hybridized carbons (Fsp3) is 0.750. The Morgan fingerprint density at radius 1 is 1.29 bits per heavy atom. The topological polar surface area (TPSA) is 50.3 Å². The zero-order valence-corrected chi connectivity index (χ0v) is 13.1. The number of hydrogen-bond donors (Lipinski definition) is 1. The number of likely N-dealkylation sites (tertiary alicyclic amines) is 1. The lowest BCUT2D eigenvalue weighted by Gasteiger charge is -2.30. The molecule has 0 aliphatic carbocycles. The molecule has 2 aliphatic heterocycles. The van der Waals surface area contributed by atoms with Gasteiger partial charge in [-0.05, 0) is 45.1 Å². The third-order valence-electron chi connectivity index (χ3n) is 4.65. The van der Waals surface area contributed by atoms with Crippen molar-refractivity contribution in [3.05, 3.63) is 17.6 Å². The van der Waals surface area contributed by atoms with Crippen LogP contribution in [0, 0.1) is 12.8 Å². The Kier molecular flexibility index (Phi) is 4.70. The minimum Gasteiger partial charge on any atom is -0.381 e. The average Bonchev–Trinajstić information content (AvgIpc) is 2.96. The van der Waals surface area contributed by atoms with E-state index in [0.29, 0.717) is 6.04 Å². The summed E-state index contributed by atoms with van der Waals surface area (Å²) in [5, 5.41) is 3.14. The summed E-state index contributed by atoms with van der Waals surface area (Å²) in [5.74, 6) is 2.57. The van der Waals surface area contributed by atoms with Crippen molar-refractivity contribution in [2.75, 3.05) is 38.7 Å². The number of nitrogens with zero attached hydrogens (tertiary/aromatic N) is 3. The van der Waals surface area contributed by atoms with Gasteiger partial charge in [-0.3, -0.25) is 4.90 Å². The van der Waals surface area contributed by atoms with Crippen LogP contribution in [0.15, 0.2) is 6.07 Å². The maximum absolute atomic E-state index is 5.47. The molecule has 5 nitrogen and oxygen atoms in total. The van der Waals surface area contributed by atoms with Crippen LogP contribution >= 0.6 is 0 Å². The molecule has 0 amide bonds.